The van der Waals surface area contributed by atoms with Gasteiger partial charge in [-0.15, -0.1) is 23.4 Å². The minimum absolute atomic E-state index is 0.0113. The molecule has 0 aliphatic carbocycles. The second-order valence-corrected chi connectivity index (χ2v) is 13.1. The summed E-state index contributed by atoms with van der Waals surface area (Å²) < 4.78 is 6.32. The molecule has 40 heavy (non-hydrogen) atoms. The van der Waals surface area contributed by atoms with Crippen LogP contribution >= 0.6 is 11.8 Å². The number of likely N-dealkylation sites (tertiary alicyclic amines) is 1. The van der Waals surface area contributed by atoms with Gasteiger partial charge in [0.1, 0.15) is 18.2 Å². The van der Waals surface area contributed by atoms with Crippen molar-refractivity contribution in [2.45, 2.75) is 69.3 Å². The van der Waals surface area contributed by atoms with Crippen LogP contribution in [0.2, 0.25) is 0 Å². The van der Waals surface area contributed by atoms with Gasteiger partial charge in [-0.25, -0.2) is 4.68 Å². The van der Waals surface area contributed by atoms with Crippen LogP contribution in [0.5, 0.6) is 0 Å². The third-order valence-corrected chi connectivity index (χ3v) is 10.8. The van der Waals surface area contributed by atoms with Crippen molar-refractivity contribution in [2.24, 2.45) is 23.7 Å². The van der Waals surface area contributed by atoms with E-state index in [-0.39, 0.29) is 61.3 Å². The number of aromatic nitrogens is 3. The summed E-state index contributed by atoms with van der Waals surface area (Å²) in [5, 5.41) is 18.9. The maximum Gasteiger partial charge on any atom is 0.310 e. The second-order valence-electron chi connectivity index (χ2n) is 11.6. The summed E-state index contributed by atoms with van der Waals surface area (Å²) in [4.78, 5) is 45.6. The number of fused-ring (bicyclic) bond motifs is 2. The predicted octanol–water partition coefficient (Wildman–Crippen LogP) is 2.71. The Hall–Kier alpha value is -2.92. The van der Waals surface area contributed by atoms with Crippen molar-refractivity contribution in [3.63, 3.8) is 0 Å². The number of ether oxygens (including phenoxy) is 1. The third-order valence-electron chi connectivity index (χ3n) is 8.71. The molecule has 4 heterocycles. The number of hydrogen-bond donors (Lipinski definition) is 1. The fraction of sp³-hybridized carbons (Fsp3) is 0.621. The Bertz CT molecular complexity index is 1300. The van der Waals surface area contributed by atoms with Gasteiger partial charge in [-0.3, -0.25) is 14.4 Å². The number of para-hydroxylation sites is 1. The lowest BCUT2D eigenvalue weighted by molar-refractivity contribution is -0.154. The zero-order chi connectivity index (χ0) is 28.8. The van der Waals surface area contributed by atoms with Gasteiger partial charge in [0.15, 0.2) is 0 Å². The molecule has 10 nitrogen and oxygen atoms in total. The summed E-state index contributed by atoms with van der Waals surface area (Å²) in [6.07, 6.45) is 2.92. The van der Waals surface area contributed by atoms with Gasteiger partial charge in [0, 0.05) is 11.8 Å². The first-order valence-corrected chi connectivity index (χ1v) is 15.0. The van der Waals surface area contributed by atoms with Crippen molar-refractivity contribution in [3.8, 4) is 0 Å². The maximum atomic E-state index is 14.7. The van der Waals surface area contributed by atoms with E-state index in [4.69, 9.17) is 4.74 Å². The first kappa shape index (κ1) is 28.6. The summed E-state index contributed by atoms with van der Waals surface area (Å²) in [6.45, 7) is 12.1. The molecular weight excluding hydrogens is 530 g/mol. The zero-order valence-corrected chi connectivity index (χ0v) is 24.4. The normalized spacial score (nSPS) is 29.7. The first-order valence-electron chi connectivity index (χ1n) is 14.1. The average molecular weight is 570 g/mol. The van der Waals surface area contributed by atoms with Gasteiger partial charge in [0.25, 0.3) is 0 Å². The summed E-state index contributed by atoms with van der Waals surface area (Å²) >= 11 is 1.60. The van der Waals surface area contributed by atoms with Crippen molar-refractivity contribution < 1.29 is 24.2 Å². The minimum Gasteiger partial charge on any atom is -0.466 e. The summed E-state index contributed by atoms with van der Waals surface area (Å²) in [7, 11) is 0. The molecule has 1 aromatic heterocycles. The van der Waals surface area contributed by atoms with Gasteiger partial charge < -0.3 is 19.6 Å². The monoisotopic (exact) mass is 569 g/mol. The van der Waals surface area contributed by atoms with Crippen molar-refractivity contribution >= 4 is 40.6 Å². The quantitative estimate of drug-likeness (QED) is 0.324. The van der Waals surface area contributed by atoms with Crippen molar-refractivity contribution in [1.29, 1.82) is 0 Å². The van der Waals surface area contributed by atoms with Crippen molar-refractivity contribution in [2.75, 3.05) is 19.8 Å². The van der Waals surface area contributed by atoms with Crippen LogP contribution in [0.25, 0.3) is 11.0 Å². The zero-order valence-electron chi connectivity index (χ0n) is 23.6. The number of amides is 2. The number of aliphatic hydroxyl groups is 1. The summed E-state index contributed by atoms with van der Waals surface area (Å²) in [5.74, 6) is -1.94. The Morgan fingerprint density at radius 2 is 2.10 bits per heavy atom. The molecule has 216 valence electrons. The van der Waals surface area contributed by atoms with Gasteiger partial charge in [-0.05, 0) is 43.7 Å². The Balaban J connectivity index is 1.59. The molecule has 3 aliphatic rings. The number of esters is 1. The Morgan fingerprint density at radius 3 is 2.77 bits per heavy atom. The average Bonchev–Trinajstić information content (AvgIpc) is 3.64. The molecule has 3 fully saturated rings. The number of carbonyl (C=O) groups excluding carboxylic acids is 3. The van der Waals surface area contributed by atoms with E-state index < -0.39 is 28.7 Å². The van der Waals surface area contributed by atoms with Crippen LogP contribution in [0.4, 0.5) is 0 Å². The number of carbonyl (C=O) groups is 3. The van der Waals surface area contributed by atoms with Crippen LogP contribution in [0.15, 0.2) is 36.9 Å². The molecule has 3 saturated heterocycles. The highest BCUT2D eigenvalue weighted by Gasteiger charge is 2.77. The lowest BCUT2D eigenvalue weighted by atomic mass is 9.66. The van der Waals surface area contributed by atoms with E-state index in [0.717, 1.165) is 17.5 Å². The topological polar surface area (TPSA) is 118 Å². The number of hydrogen-bond acceptors (Lipinski definition) is 8. The standard InChI is InChI=1S/C29H39N5O5S/c1-6-12-32(16-33-21-11-9-8-10-20(21)30-31-33)27(37)25-29-18(5)14-22(40-29)23(28(38)39-7-2)24(29)26(36)34(25)19(15-35)13-17(3)4/h6,8-11,17-19,22-25,35H,1,7,12-16H2,2-5H3/t18?,19-,22-,23+,24+,25?,29?/m1/s1. The largest absolute Gasteiger partial charge is 0.466 e. The molecule has 1 spiro atoms. The Labute approximate surface area is 239 Å². The lowest BCUT2D eigenvalue weighted by Crippen LogP contribution is -2.59. The summed E-state index contributed by atoms with van der Waals surface area (Å²) in [6, 6.07) is 6.15. The molecule has 0 saturated carbocycles. The highest BCUT2D eigenvalue weighted by Crippen LogP contribution is 2.69. The predicted molar refractivity (Wildman–Crippen MR) is 152 cm³/mol. The second kappa shape index (κ2) is 11.2. The molecule has 2 aromatic rings. The van der Waals surface area contributed by atoms with Crippen LogP contribution in [0.1, 0.15) is 40.5 Å². The molecule has 3 aliphatic heterocycles. The third kappa shape index (κ3) is 4.41. The molecule has 2 amide bonds. The van der Waals surface area contributed by atoms with E-state index in [2.05, 4.69) is 23.8 Å². The van der Waals surface area contributed by atoms with E-state index in [1.165, 1.54) is 0 Å². The van der Waals surface area contributed by atoms with Gasteiger partial charge in [0.2, 0.25) is 11.8 Å². The van der Waals surface area contributed by atoms with Gasteiger partial charge in [-0.2, -0.15) is 0 Å². The smallest absolute Gasteiger partial charge is 0.310 e. The van der Waals surface area contributed by atoms with E-state index in [9.17, 15) is 19.5 Å². The highest BCUT2D eigenvalue weighted by atomic mass is 32.2. The van der Waals surface area contributed by atoms with Gasteiger partial charge in [0.05, 0.1) is 41.4 Å². The molecule has 1 N–H and O–H groups in total. The number of benzene rings is 1. The van der Waals surface area contributed by atoms with Crippen LogP contribution in [-0.2, 0) is 25.8 Å². The molecule has 1 aromatic carbocycles. The maximum absolute atomic E-state index is 14.7. The first-order chi connectivity index (χ1) is 19.2. The number of aliphatic hydroxyl groups excluding tert-OH is 1. The number of nitrogens with zero attached hydrogens (tertiary/aromatic N) is 5. The van der Waals surface area contributed by atoms with Crippen molar-refractivity contribution in [3.05, 3.63) is 36.9 Å². The van der Waals surface area contributed by atoms with Crippen LogP contribution < -0.4 is 0 Å². The molecular formula is C29H39N5O5S. The fourth-order valence-electron chi connectivity index (χ4n) is 7.19. The molecule has 0 radical (unpaired) electrons. The van der Waals surface area contributed by atoms with E-state index in [0.29, 0.717) is 6.42 Å². The molecule has 7 atom stereocenters. The fourth-order valence-corrected chi connectivity index (χ4v) is 9.58. The van der Waals surface area contributed by atoms with E-state index in [1.54, 1.807) is 39.2 Å². The van der Waals surface area contributed by atoms with Gasteiger partial charge >= 0.3 is 5.97 Å². The Kier molecular flexibility index (Phi) is 7.98. The molecule has 3 unspecified atom stereocenters. The van der Waals surface area contributed by atoms with Crippen molar-refractivity contribution in [1.82, 2.24) is 24.8 Å². The number of thioether (sulfide) groups is 1. The lowest BCUT2D eigenvalue weighted by Gasteiger charge is -2.42. The minimum atomic E-state index is -0.847. The molecule has 5 rings (SSSR count). The molecule has 11 heteroatoms. The number of rotatable bonds is 11. The van der Waals surface area contributed by atoms with Crippen LogP contribution in [0, 0.1) is 23.7 Å². The van der Waals surface area contributed by atoms with E-state index in [1.807, 2.05) is 38.1 Å². The Morgan fingerprint density at radius 1 is 1.35 bits per heavy atom. The van der Waals surface area contributed by atoms with E-state index >= 15 is 0 Å². The summed E-state index contributed by atoms with van der Waals surface area (Å²) in [5.41, 5.74) is 1.51. The van der Waals surface area contributed by atoms with Gasteiger partial charge in [-0.1, -0.05) is 44.2 Å². The molecule has 2 bridgehead atoms. The van der Waals surface area contributed by atoms with Crippen LogP contribution in [0.3, 0.4) is 0 Å². The highest BCUT2D eigenvalue weighted by molar-refractivity contribution is 8.02. The van der Waals surface area contributed by atoms with Crippen LogP contribution in [-0.4, -0.2) is 89.5 Å². The SMILES string of the molecule is C=CCN(Cn1nnc2ccccc21)C(=O)C1N([C@@H](CO)CC(C)C)C(=O)[C@@H]2[C@@H](C(=O)OCC)[C@H]3CC(C)C12S3.